The summed E-state index contributed by atoms with van der Waals surface area (Å²) in [6.07, 6.45) is 0. The zero-order valence-corrected chi connectivity index (χ0v) is 12.5. The third-order valence-corrected chi connectivity index (χ3v) is 3.20. The molecule has 0 bridgehead atoms. The predicted octanol–water partition coefficient (Wildman–Crippen LogP) is 1.66. The first-order valence-corrected chi connectivity index (χ1v) is 7.07. The van der Waals surface area contributed by atoms with Crippen molar-refractivity contribution in [1.82, 2.24) is 4.98 Å². The van der Waals surface area contributed by atoms with Gasteiger partial charge >= 0.3 is 0 Å². The molecule has 0 atom stereocenters. The van der Waals surface area contributed by atoms with E-state index in [2.05, 4.69) is 20.9 Å². The molecule has 22 heavy (non-hydrogen) atoms. The minimum Gasteiger partial charge on any atom is -0.370 e. The quantitative estimate of drug-likeness (QED) is 0.432. The van der Waals surface area contributed by atoms with Crippen molar-refractivity contribution in [2.24, 2.45) is 5.73 Å². The van der Waals surface area contributed by atoms with Gasteiger partial charge in [-0.25, -0.2) is 4.98 Å². The first kappa shape index (κ1) is 15.4. The molecular weight excluding hydrogens is 304 g/mol. The molecule has 0 aliphatic carbocycles. The number of thiazole rings is 1. The van der Waals surface area contributed by atoms with Gasteiger partial charge in [0.2, 0.25) is 5.91 Å². The molecule has 0 saturated heterocycles. The zero-order chi connectivity index (χ0) is 16.1. The highest BCUT2D eigenvalue weighted by Gasteiger charge is 2.11. The summed E-state index contributed by atoms with van der Waals surface area (Å²) in [5.74, 6) is -0.778. The number of anilines is 3. The molecule has 6 N–H and O–H groups in total. The summed E-state index contributed by atoms with van der Waals surface area (Å²) >= 11 is 1.17. The van der Waals surface area contributed by atoms with E-state index >= 15 is 0 Å². The van der Waals surface area contributed by atoms with Crippen molar-refractivity contribution < 1.29 is 9.59 Å². The van der Waals surface area contributed by atoms with Crippen LogP contribution < -0.4 is 21.7 Å². The first-order chi connectivity index (χ1) is 10.4. The van der Waals surface area contributed by atoms with Gasteiger partial charge in [-0.05, 0) is 24.3 Å². The zero-order valence-electron chi connectivity index (χ0n) is 11.6. The molecule has 114 valence electrons. The van der Waals surface area contributed by atoms with Crippen LogP contribution in [-0.4, -0.2) is 22.8 Å². The third-order valence-electron chi connectivity index (χ3n) is 2.44. The highest BCUT2D eigenvalue weighted by molar-refractivity contribution is 7.14. The second-order valence-corrected chi connectivity index (χ2v) is 5.15. The Kier molecular flexibility index (Phi) is 4.69. The predicted molar refractivity (Wildman–Crippen MR) is 86.3 cm³/mol. The SMILES string of the molecule is CC(=O)Nc1nc(C(=O)Nc2ccc(NC(=N)N)cc2)cs1. The van der Waals surface area contributed by atoms with Gasteiger partial charge in [0.05, 0.1) is 0 Å². The molecule has 9 heteroatoms. The summed E-state index contributed by atoms with van der Waals surface area (Å²) in [6, 6.07) is 6.70. The van der Waals surface area contributed by atoms with Crippen molar-refractivity contribution >= 4 is 45.6 Å². The third kappa shape index (κ3) is 4.28. The van der Waals surface area contributed by atoms with Gasteiger partial charge in [0, 0.05) is 23.7 Å². The highest BCUT2D eigenvalue weighted by atomic mass is 32.1. The number of guanidine groups is 1. The Hall–Kier alpha value is -2.94. The molecule has 0 fully saturated rings. The van der Waals surface area contributed by atoms with Gasteiger partial charge in [0.15, 0.2) is 11.1 Å². The van der Waals surface area contributed by atoms with Crippen molar-refractivity contribution in [2.45, 2.75) is 6.92 Å². The van der Waals surface area contributed by atoms with E-state index in [1.165, 1.54) is 18.3 Å². The summed E-state index contributed by atoms with van der Waals surface area (Å²) in [6.45, 7) is 1.37. The standard InChI is InChI=1S/C13H14N6O2S/c1-7(20)16-13-19-10(6-22-13)11(21)17-8-2-4-9(5-3-8)18-12(14)15/h2-6H,1H3,(H,17,21)(H4,14,15,18)(H,16,19,20). The molecule has 0 radical (unpaired) electrons. The van der Waals surface area contributed by atoms with Gasteiger partial charge < -0.3 is 21.7 Å². The molecule has 1 aromatic carbocycles. The van der Waals surface area contributed by atoms with Crippen molar-refractivity contribution in [1.29, 1.82) is 5.41 Å². The van der Waals surface area contributed by atoms with Crippen LogP contribution in [0.1, 0.15) is 17.4 Å². The van der Waals surface area contributed by atoms with E-state index in [1.54, 1.807) is 29.6 Å². The summed E-state index contributed by atoms with van der Waals surface area (Å²) in [4.78, 5) is 27.0. The van der Waals surface area contributed by atoms with E-state index in [1.807, 2.05) is 0 Å². The number of hydrogen-bond acceptors (Lipinski definition) is 5. The molecule has 1 aromatic heterocycles. The van der Waals surface area contributed by atoms with Gasteiger partial charge in [-0.15, -0.1) is 11.3 Å². The summed E-state index contributed by atoms with van der Waals surface area (Å²) in [5.41, 5.74) is 6.67. The van der Waals surface area contributed by atoms with Crippen LogP contribution in [0.5, 0.6) is 0 Å². The number of aromatic nitrogens is 1. The van der Waals surface area contributed by atoms with E-state index in [9.17, 15) is 9.59 Å². The molecule has 8 nitrogen and oxygen atoms in total. The number of amides is 2. The Morgan fingerprint density at radius 2 is 1.73 bits per heavy atom. The minimum atomic E-state index is -0.375. The van der Waals surface area contributed by atoms with Crippen LogP contribution in [0.15, 0.2) is 29.6 Å². The molecular formula is C13H14N6O2S. The number of rotatable bonds is 4. The fraction of sp³-hybridized carbons (Fsp3) is 0.0769. The van der Waals surface area contributed by atoms with Crippen molar-refractivity contribution in [3.05, 3.63) is 35.3 Å². The number of nitrogens with one attached hydrogen (secondary N) is 4. The topological polar surface area (TPSA) is 133 Å². The lowest BCUT2D eigenvalue weighted by Crippen LogP contribution is -2.20. The van der Waals surface area contributed by atoms with Crippen LogP contribution >= 0.6 is 11.3 Å². The van der Waals surface area contributed by atoms with Gasteiger partial charge in [-0.3, -0.25) is 15.0 Å². The normalized spacial score (nSPS) is 9.86. The maximum Gasteiger partial charge on any atom is 0.275 e. The van der Waals surface area contributed by atoms with Crippen molar-refractivity contribution in [3.8, 4) is 0 Å². The van der Waals surface area contributed by atoms with E-state index in [4.69, 9.17) is 11.1 Å². The van der Waals surface area contributed by atoms with Gasteiger partial charge in [0.1, 0.15) is 5.69 Å². The summed E-state index contributed by atoms with van der Waals surface area (Å²) in [5, 5.41) is 16.9. The van der Waals surface area contributed by atoms with E-state index in [0.717, 1.165) is 0 Å². The van der Waals surface area contributed by atoms with Gasteiger partial charge in [0.25, 0.3) is 5.91 Å². The molecule has 0 saturated carbocycles. The fourth-order valence-corrected chi connectivity index (χ4v) is 2.31. The Bertz CT molecular complexity index is 710. The van der Waals surface area contributed by atoms with Crippen molar-refractivity contribution in [2.75, 3.05) is 16.0 Å². The van der Waals surface area contributed by atoms with Gasteiger partial charge in [-0.2, -0.15) is 0 Å². The number of nitrogens with two attached hydrogens (primary N) is 1. The Morgan fingerprint density at radius 3 is 2.27 bits per heavy atom. The molecule has 1 heterocycles. The van der Waals surface area contributed by atoms with Crippen LogP contribution in [0.25, 0.3) is 0 Å². The number of nitrogens with zero attached hydrogens (tertiary/aromatic N) is 1. The second kappa shape index (κ2) is 6.68. The molecule has 0 unspecified atom stereocenters. The van der Waals surface area contributed by atoms with Crippen LogP contribution in [0.2, 0.25) is 0 Å². The minimum absolute atomic E-state index is 0.162. The monoisotopic (exact) mass is 318 g/mol. The molecule has 2 rings (SSSR count). The number of carbonyl (C=O) groups is 2. The number of carbonyl (C=O) groups excluding carboxylic acids is 2. The van der Waals surface area contributed by atoms with Crippen molar-refractivity contribution in [3.63, 3.8) is 0 Å². The Balaban J connectivity index is 2.00. The number of benzene rings is 1. The molecule has 0 aliphatic rings. The Labute approximate surface area is 130 Å². The van der Waals surface area contributed by atoms with Crippen LogP contribution in [0, 0.1) is 5.41 Å². The first-order valence-electron chi connectivity index (χ1n) is 6.19. The van der Waals surface area contributed by atoms with Crippen LogP contribution in [0.3, 0.4) is 0 Å². The maximum atomic E-state index is 12.0. The average Bonchev–Trinajstić information content (AvgIpc) is 2.88. The maximum absolute atomic E-state index is 12.0. The van der Waals surface area contributed by atoms with Crippen LogP contribution in [-0.2, 0) is 4.79 Å². The lowest BCUT2D eigenvalue weighted by Gasteiger charge is -2.06. The molecule has 2 aromatic rings. The molecule has 2 amide bonds. The van der Waals surface area contributed by atoms with E-state index < -0.39 is 0 Å². The highest BCUT2D eigenvalue weighted by Crippen LogP contribution is 2.18. The smallest absolute Gasteiger partial charge is 0.275 e. The lowest BCUT2D eigenvalue weighted by atomic mass is 10.2. The molecule has 0 aliphatic heterocycles. The fourth-order valence-electron chi connectivity index (χ4n) is 1.57. The van der Waals surface area contributed by atoms with E-state index in [0.29, 0.717) is 16.5 Å². The largest absolute Gasteiger partial charge is 0.370 e. The van der Waals surface area contributed by atoms with Gasteiger partial charge in [-0.1, -0.05) is 0 Å². The summed E-state index contributed by atoms with van der Waals surface area (Å²) in [7, 11) is 0. The summed E-state index contributed by atoms with van der Waals surface area (Å²) < 4.78 is 0. The van der Waals surface area contributed by atoms with E-state index in [-0.39, 0.29) is 23.5 Å². The molecule has 0 spiro atoms. The number of hydrogen-bond donors (Lipinski definition) is 5. The second-order valence-electron chi connectivity index (χ2n) is 4.29. The average molecular weight is 318 g/mol. The van der Waals surface area contributed by atoms with Crippen LogP contribution in [0.4, 0.5) is 16.5 Å². The lowest BCUT2D eigenvalue weighted by molar-refractivity contribution is -0.114. The Morgan fingerprint density at radius 1 is 1.14 bits per heavy atom.